The molecule has 1 atom stereocenters. The maximum atomic E-state index is 5.34. The Bertz CT molecular complexity index is 942. The van der Waals surface area contributed by atoms with Crippen molar-refractivity contribution in [3.63, 3.8) is 0 Å². The lowest BCUT2D eigenvalue weighted by Crippen LogP contribution is -2.33. The second kappa shape index (κ2) is 9.05. The van der Waals surface area contributed by atoms with Gasteiger partial charge in [0.2, 0.25) is 0 Å². The van der Waals surface area contributed by atoms with Crippen LogP contribution in [0, 0.1) is 0 Å². The van der Waals surface area contributed by atoms with Gasteiger partial charge in [-0.3, -0.25) is 9.88 Å². The van der Waals surface area contributed by atoms with Gasteiger partial charge < -0.3 is 10.1 Å². The van der Waals surface area contributed by atoms with Crippen molar-refractivity contribution in [2.45, 2.75) is 31.8 Å². The molecule has 3 aromatic rings. The Hall–Kier alpha value is -2.92. The van der Waals surface area contributed by atoms with Crippen LogP contribution in [0.4, 0.5) is 5.82 Å². The maximum absolute atomic E-state index is 5.34. The number of piperidine rings is 1. The lowest BCUT2D eigenvalue weighted by atomic mass is 9.95. The molecule has 5 nitrogen and oxygen atoms in total. The van der Waals surface area contributed by atoms with Crippen LogP contribution in [0.25, 0.3) is 11.3 Å². The van der Waals surface area contributed by atoms with Gasteiger partial charge in [-0.2, -0.15) is 0 Å². The summed E-state index contributed by atoms with van der Waals surface area (Å²) in [5.41, 5.74) is 4.57. The molecule has 5 heteroatoms. The van der Waals surface area contributed by atoms with Gasteiger partial charge in [0.1, 0.15) is 11.6 Å². The van der Waals surface area contributed by atoms with E-state index in [0.29, 0.717) is 6.04 Å². The molecular weight excluding hydrogens is 360 g/mol. The molecule has 0 spiro atoms. The average molecular weight is 389 g/mol. The number of hydrogen-bond acceptors (Lipinski definition) is 5. The van der Waals surface area contributed by atoms with Crippen molar-refractivity contribution in [3.05, 3.63) is 72.1 Å². The van der Waals surface area contributed by atoms with E-state index < -0.39 is 0 Å². The molecule has 1 aromatic carbocycles. The number of benzene rings is 1. The Kier molecular flexibility index (Phi) is 6.06. The molecular formula is C24H28N4O. The SMILES string of the molecule is CNc1ncccc1CN1CCCC[C@H]1c1ccc(-c2cccc(OC)c2)nc1. The topological polar surface area (TPSA) is 50.3 Å². The summed E-state index contributed by atoms with van der Waals surface area (Å²) in [6.07, 6.45) is 7.53. The average Bonchev–Trinajstić information content (AvgIpc) is 2.80. The normalized spacial score (nSPS) is 17.1. The highest BCUT2D eigenvalue weighted by molar-refractivity contribution is 5.61. The molecule has 0 radical (unpaired) electrons. The number of rotatable bonds is 6. The van der Waals surface area contributed by atoms with Crippen LogP contribution in [0.3, 0.4) is 0 Å². The smallest absolute Gasteiger partial charge is 0.130 e. The van der Waals surface area contributed by atoms with Crippen molar-refractivity contribution in [3.8, 4) is 17.0 Å². The van der Waals surface area contributed by atoms with Crippen LogP contribution in [0.1, 0.15) is 36.4 Å². The standard InChI is InChI=1S/C24H28N4O/c1-25-24-20(8-6-13-26-24)17-28-14-4-3-10-23(28)19-11-12-22(27-16-19)18-7-5-9-21(15-18)29-2/h5-9,11-13,15-16,23H,3-4,10,14,17H2,1-2H3,(H,25,26)/t23-/m0/s1. The lowest BCUT2D eigenvalue weighted by Gasteiger charge is -2.36. The number of anilines is 1. The van der Waals surface area contributed by atoms with Gasteiger partial charge >= 0.3 is 0 Å². The van der Waals surface area contributed by atoms with Crippen LogP contribution in [-0.2, 0) is 6.54 Å². The van der Waals surface area contributed by atoms with Gasteiger partial charge in [-0.1, -0.05) is 30.7 Å². The van der Waals surface area contributed by atoms with Gasteiger partial charge in [0.05, 0.1) is 12.8 Å². The van der Waals surface area contributed by atoms with E-state index in [-0.39, 0.29) is 0 Å². The number of hydrogen-bond donors (Lipinski definition) is 1. The fraction of sp³-hybridized carbons (Fsp3) is 0.333. The Balaban J connectivity index is 1.55. The maximum Gasteiger partial charge on any atom is 0.130 e. The van der Waals surface area contributed by atoms with Crippen LogP contribution in [-0.4, -0.2) is 35.6 Å². The quantitative estimate of drug-likeness (QED) is 0.649. The minimum Gasteiger partial charge on any atom is -0.497 e. The highest BCUT2D eigenvalue weighted by Gasteiger charge is 2.25. The zero-order valence-corrected chi connectivity index (χ0v) is 17.1. The molecule has 0 aliphatic carbocycles. The summed E-state index contributed by atoms with van der Waals surface area (Å²) in [4.78, 5) is 11.8. The summed E-state index contributed by atoms with van der Waals surface area (Å²) in [5, 5.41) is 3.21. The van der Waals surface area contributed by atoms with E-state index in [4.69, 9.17) is 9.72 Å². The van der Waals surface area contributed by atoms with Crippen molar-refractivity contribution >= 4 is 5.82 Å². The molecule has 4 rings (SSSR count). The van der Waals surface area contributed by atoms with Crippen LogP contribution in [0.5, 0.6) is 5.75 Å². The molecule has 29 heavy (non-hydrogen) atoms. The summed E-state index contributed by atoms with van der Waals surface area (Å²) < 4.78 is 5.34. The summed E-state index contributed by atoms with van der Waals surface area (Å²) in [7, 11) is 3.62. The van der Waals surface area contributed by atoms with Crippen molar-refractivity contribution < 1.29 is 4.74 Å². The molecule has 1 N–H and O–H groups in total. The van der Waals surface area contributed by atoms with Crippen molar-refractivity contribution in [1.29, 1.82) is 0 Å². The van der Waals surface area contributed by atoms with Gasteiger partial charge in [0.15, 0.2) is 0 Å². The van der Waals surface area contributed by atoms with Crippen LogP contribution in [0.2, 0.25) is 0 Å². The highest BCUT2D eigenvalue weighted by Crippen LogP contribution is 2.33. The first kappa shape index (κ1) is 19.4. The third-order valence-electron chi connectivity index (χ3n) is 5.65. The summed E-state index contributed by atoms with van der Waals surface area (Å²) >= 11 is 0. The number of likely N-dealkylation sites (tertiary alicyclic amines) is 1. The number of nitrogens with one attached hydrogen (secondary N) is 1. The summed E-state index contributed by atoms with van der Waals surface area (Å²) in [6.45, 7) is 1.99. The molecule has 150 valence electrons. The van der Waals surface area contributed by atoms with Crippen molar-refractivity contribution in [1.82, 2.24) is 14.9 Å². The van der Waals surface area contributed by atoms with E-state index in [2.05, 4.69) is 39.5 Å². The van der Waals surface area contributed by atoms with E-state index in [9.17, 15) is 0 Å². The van der Waals surface area contributed by atoms with Crippen LogP contribution in [0.15, 0.2) is 60.9 Å². The number of nitrogens with zero attached hydrogens (tertiary/aromatic N) is 3. The van der Waals surface area contributed by atoms with Crippen molar-refractivity contribution in [2.24, 2.45) is 0 Å². The minimum atomic E-state index is 0.389. The Morgan fingerprint density at radius 1 is 1.10 bits per heavy atom. The highest BCUT2D eigenvalue weighted by atomic mass is 16.5. The molecule has 1 saturated heterocycles. The van der Waals surface area contributed by atoms with Crippen LogP contribution >= 0.6 is 0 Å². The molecule has 1 fully saturated rings. The van der Waals surface area contributed by atoms with E-state index >= 15 is 0 Å². The molecule has 2 aromatic heterocycles. The van der Waals surface area contributed by atoms with E-state index in [1.807, 2.05) is 43.7 Å². The zero-order valence-electron chi connectivity index (χ0n) is 17.1. The second-order valence-corrected chi connectivity index (χ2v) is 7.45. The fourth-order valence-electron chi connectivity index (χ4n) is 4.12. The van der Waals surface area contributed by atoms with Crippen molar-refractivity contribution in [2.75, 3.05) is 26.0 Å². The summed E-state index contributed by atoms with van der Waals surface area (Å²) in [6, 6.07) is 17.0. The monoisotopic (exact) mass is 388 g/mol. The molecule has 0 unspecified atom stereocenters. The predicted molar refractivity (Wildman–Crippen MR) is 117 cm³/mol. The Morgan fingerprint density at radius 3 is 2.83 bits per heavy atom. The third kappa shape index (κ3) is 4.40. The van der Waals surface area contributed by atoms with Gasteiger partial charge in [-0.25, -0.2) is 4.98 Å². The molecule has 1 aliphatic rings. The Labute approximate surface area is 172 Å². The molecule has 3 heterocycles. The molecule has 0 bridgehead atoms. The Morgan fingerprint density at radius 2 is 2.03 bits per heavy atom. The molecule has 1 aliphatic heterocycles. The van der Waals surface area contributed by atoms with E-state index in [1.54, 1.807) is 7.11 Å². The van der Waals surface area contributed by atoms with Crippen LogP contribution < -0.4 is 10.1 Å². The second-order valence-electron chi connectivity index (χ2n) is 7.45. The molecule has 0 saturated carbocycles. The van der Waals surface area contributed by atoms with E-state index in [1.165, 1.54) is 24.0 Å². The summed E-state index contributed by atoms with van der Waals surface area (Å²) in [5.74, 6) is 1.81. The number of aromatic nitrogens is 2. The fourth-order valence-corrected chi connectivity index (χ4v) is 4.12. The molecule has 0 amide bonds. The first-order valence-electron chi connectivity index (χ1n) is 10.2. The van der Waals surface area contributed by atoms with Gasteiger partial charge in [0, 0.05) is 43.2 Å². The minimum absolute atomic E-state index is 0.389. The van der Waals surface area contributed by atoms with Gasteiger partial charge in [0.25, 0.3) is 0 Å². The number of methoxy groups -OCH3 is 1. The third-order valence-corrected chi connectivity index (χ3v) is 5.65. The van der Waals surface area contributed by atoms with E-state index in [0.717, 1.165) is 42.3 Å². The first-order valence-corrected chi connectivity index (χ1v) is 10.2. The number of ether oxygens (including phenoxy) is 1. The largest absolute Gasteiger partial charge is 0.497 e. The lowest BCUT2D eigenvalue weighted by molar-refractivity contribution is 0.140. The first-order chi connectivity index (χ1) is 14.3. The number of pyridine rings is 2. The van der Waals surface area contributed by atoms with Gasteiger partial charge in [-0.15, -0.1) is 0 Å². The van der Waals surface area contributed by atoms with Gasteiger partial charge in [-0.05, 0) is 49.2 Å². The zero-order chi connectivity index (χ0) is 20.1. The predicted octanol–water partition coefficient (Wildman–Crippen LogP) is 4.92.